The highest BCUT2D eigenvalue weighted by Crippen LogP contribution is 2.33. The number of halogens is 2. The monoisotopic (exact) mass is 599 g/mol. The minimum Gasteiger partial charge on any atom is -0.497 e. The number of amides is 1. The maximum absolute atomic E-state index is 11.8. The summed E-state index contributed by atoms with van der Waals surface area (Å²) in [6.45, 7) is 0. The maximum atomic E-state index is 11.8. The smallest absolute Gasteiger partial charge is 0.231 e. The molecule has 0 saturated heterocycles. The van der Waals surface area contributed by atoms with Gasteiger partial charge < -0.3 is 9.47 Å². The molecule has 2 aromatic rings. The van der Waals surface area contributed by atoms with E-state index in [0.717, 1.165) is 30.0 Å². The number of rotatable bonds is 7. The number of ether oxygens (including phenoxy) is 2. The molecule has 2 rings (SSSR count). The van der Waals surface area contributed by atoms with Crippen LogP contribution in [-0.2, 0) is 20.9 Å². The van der Waals surface area contributed by atoms with Crippen molar-refractivity contribution in [3.8, 4) is 17.2 Å². The first kappa shape index (κ1) is 21.3. The SMILES string of the molecule is C=S(C)(=O)NC(=O)CCc1cc(I)c(Oc2ccc(OC)cc2)c(I)c1. The zero-order valence-corrected chi connectivity index (χ0v) is 19.5. The number of aryl methyl sites for hydroxylation is 1. The summed E-state index contributed by atoms with van der Waals surface area (Å²) in [6, 6.07) is 11.4. The number of carbonyl (C=O) groups is 1. The highest BCUT2D eigenvalue weighted by Gasteiger charge is 2.12. The molecule has 1 unspecified atom stereocenters. The number of hydrogen-bond acceptors (Lipinski definition) is 4. The van der Waals surface area contributed by atoms with Gasteiger partial charge in [-0.25, -0.2) is 4.21 Å². The van der Waals surface area contributed by atoms with Gasteiger partial charge >= 0.3 is 0 Å². The highest BCUT2D eigenvalue weighted by atomic mass is 127. The first-order chi connectivity index (χ1) is 12.2. The third-order valence-electron chi connectivity index (χ3n) is 3.31. The Kier molecular flexibility index (Phi) is 7.59. The minimum absolute atomic E-state index is 0.255. The van der Waals surface area contributed by atoms with Crippen molar-refractivity contribution >= 4 is 66.7 Å². The molecule has 0 bridgehead atoms. The first-order valence-electron chi connectivity index (χ1n) is 7.60. The van der Waals surface area contributed by atoms with Crippen LogP contribution in [0.15, 0.2) is 36.4 Å². The van der Waals surface area contributed by atoms with Crippen molar-refractivity contribution in [2.45, 2.75) is 12.8 Å². The molecule has 0 radical (unpaired) electrons. The van der Waals surface area contributed by atoms with Gasteiger partial charge in [0, 0.05) is 22.4 Å². The molecule has 1 N–H and O–H groups in total. The first-order valence-corrected chi connectivity index (χ1v) is 11.9. The van der Waals surface area contributed by atoms with E-state index in [1.807, 2.05) is 36.4 Å². The fraction of sp³-hybridized carbons (Fsp3) is 0.222. The molecule has 0 heterocycles. The van der Waals surface area contributed by atoms with Gasteiger partial charge in [0.1, 0.15) is 11.5 Å². The molecule has 0 spiro atoms. The molecule has 1 atom stereocenters. The average molecular weight is 599 g/mol. The lowest BCUT2D eigenvalue weighted by Crippen LogP contribution is -2.29. The molecule has 0 aliphatic heterocycles. The molecule has 0 fully saturated rings. The van der Waals surface area contributed by atoms with Gasteiger partial charge in [0.2, 0.25) is 5.91 Å². The Morgan fingerprint density at radius 1 is 1.15 bits per heavy atom. The van der Waals surface area contributed by atoms with E-state index in [2.05, 4.69) is 55.8 Å². The molecule has 8 heteroatoms. The minimum atomic E-state index is -2.52. The van der Waals surface area contributed by atoms with E-state index >= 15 is 0 Å². The summed E-state index contributed by atoms with van der Waals surface area (Å²) in [5.41, 5.74) is 1.02. The van der Waals surface area contributed by atoms with Gasteiger partial charge in [0.15, 0.2) is 5.75 Å². The van der Waals surface area contributed by atoms with E-state index in [1.54, 1.807) is 7.11 Å². The third kappa shape index (κ3) is 6.62. The number of hydrogen-bond donors (Lipinski definition) is 1. The second-order valence-electron chi connectivity index (χ2n) is 5.70. The maximum Gasteiger partial charge on any atom is 0.231 e. The van der Waals surface area contributed by atoms with Crippen LogP contribution in [0.4, 0.5) is 0 Å². The van der Waals surface area contributed by atoms with E-state index < -0.39 is 9.71 Å². The van der Waals surface area contributed by atoms with Gasteiger partial charge in [0.25, 0.3) is 0 Å². The fourth-order valence-electron chi connectivity index (χ4n) is 2.17. The van der Waals surface area contributed by atoms with Gasteiger partial charge in [0.05, 0.1) is 14.3 Å². The molecule has 26 heavy (non-hydrogen) atoms. The Labute approximate surface area is 181 Å². The quantitative estimate of drug-likeness (QED) is 0.387. The van der Waals surface area contributed by atoms with Crippen LogP contribution in [0.25, 0.3) is 0 Å². The normalized spacial score (nSPS) is 12.9. The van der Waals surface area contributed by atoms with Crippen molar-refractivity contribution in [2.24, 2.45) is 0 Å². The highest BCUT2D eigenvalue weighted by molar-refractivity contribution is 14.1. The summed E-state index contributed by atoms with van der Waals surface area (Å²) >= 11 is 4.44. The Balaban J connectivity index is 2.08. The molecule has 2 aromatic carbocycles. The molecule has 140 valence electrons. The van der Waals surface area contributed by atoms with Crippen LogP contribution in [0.2, 0.25) is 0 Å². The summed E-state index contributed by atoms with van der Waals surface area (Å²) in [6.07, 6.45) is 2.21. The Bertz CT molecular complexity index is 873. The standard InChI is InChI=1S/C18H19I2NO4S/c1-24-13-5-7-14(8-6-13)25-18-15(19)10-12(11-16(18)20)4-9-17(22)21-26(2,3)23/h5-8,10-11H,2,4,9H2,1,3H3,(H,21,22,23). The van der Waals surface area contributed by atoms with Gasteiger partial charge in [-0.15, -0.1) is 0 Å². The van der Waals surface area contributed by atoms with Crippen LogP contribution < -0.4 is 14.2 Å². The van der Waals surface area contributed by atoms with Gasteiger partial charge in [-0.1, -0.05) is 0 Å². The second kappa shape index (κ2) is 9.27. The zero-order chi connectivity index (χ0) is 19.3. The summed E-state index contributed by atoms with van der Waals surface area (Å²) in [4.78, 5) is 11.8. The van der Waals surface area contributed by atoms with Gasteiger partial charge in [-0.3, -0.25) is 9.52 Å². The van der Waals surface area contributed by atoms with Gasteiger partial charge in [-0.2, -0.15) is 0 Å². The molecule has 5 nitrogen and oxygen atoms in total. The number of methoxy groups -OCH3 is 1. The van der Waals surface area contributed by atoms with Crippen LogP contribution in [0, 0.1) is 7.14 Å². The molecule has 0 aromatic heterocycles. The third-order valence-corrected chi connectivity index (χ3v) is 5.57. The Morgan fingerprint density at radius 2 is 1.69 bits per heavy atom. The number of benzene rings is 2. The van der Waals surface area contributed by atoms with Crippen LogP contribution >= 0.6 is 45.2 Å². The molecule has 0 aliphatic rings. The predicted molar refractivity (Wildman–Crippen MR) is 123 cm³/mol. The predicted octanol–water partition coefficient (Wildman–Crippen LogP) is 4.01. The van der Waals surface area contributed by atoms with Crippen LogP contribution in [0.5, 0.6) is 17.2 Å². The summed E-state index contributed by atoms with van der Waals surface area (Å²) in [5, 5.41) is 0. The summed E-state index contributed by atoms with van der Waals surface area (Å²) < 4.78 is 27.0. The Hall–Kier alpha value is -1.01. The van der Waals surface area contributed by atoms with Crippen LogP contribution in [-0.4, -0.2) is 29.4 Å². The molecular formula is C18H19I2NO4S. The van der Waals surface area contributed by atoms with Crippen molar-refractivity contribution in [1.29, 1.82) is 0 Å². The lowest BCUT2D eigenvalue weighted by atomic mass is 10.1. The second-order valence-corrected chi connectivity index (χ2v) is 10.2. The molecular weight excluding hydrogens is 580 g/mol. The lowest BCUT2D eigenvalue weighted by molar-refractivity contribution is -0.119. The van der Waals surface area contributed by atoms with E-state index in [0.29, 0.717) is 6.42 Å². The number of carbonyl (C=O) groups excluding carboxylic acids is 1. The van der Waals surface area contributed by atoms with Crippen LogP contribution in [0.3, 0.4) is 0 Å². The van der Waals surface area contributed by atoms with Crippen molar-refractivity contribution in [3.05, 3.63) is 49.1 Å². The fourth-order valence-corrected chi connectivity index (χ4v) is 4.87. The lowest BCUT2D eigenvalue weighted by Gasteiger charge is -2.13. The Morgan fingerprint density at radius 3 is 2.19 bits per heavy atom. The molecule has 0 aliphatic carbocycles. The van der Waals surface area contributed by atoms with E-state index in [1.165, 1.54) is 6.26 Å². The number of nitrogens with one attached hydrogen (secondary N) is 1. The molecule has 0 saturated carbocycles. The topological polar surface area (TPSA) is 64.6 Å². The van der Waals surface area contributed by atoms with Crippen LogP contribution in [0.1, 0.15) is 12.0 Å². The van der Waals surface area contributed by atoms with Gasteiger partial charge in [-0.05, 0) is 99.4 Å². The van der Waals surface area contributed by atoms with E-state index in [9.17, 15) is 9.00 Å². The molecule has 1 amide bonds. The van der Waals surface area contributed by atoms with Crippen molar-refractivity contribution < 1.29 is 18.5 Å². The summed E-state index contributed by atoms with van der Waals surface area (Å²) in [7, 11) is -0.900. The zero-order valence-electron chi connectivity index (χ0n) is 14.4. The average Bonchev–Trinajstić information content (AvgIpc) is 2.55. The van der Waals surface area contributed by atoms with Crippen molar-refractivity contribution in [3.63, 3.8) is 0 Å². The van der Waals surface area contributed by atoms with E-state index in [-0.39, 0.29) is 12.3 Å². The van der Waals surface area contributed by atoms with Crippen molar-refractivity contribution in [2.75, 3.05) is 13.4 Å². The summed E-state index contributed by atoms with van der Waals surface area (Å²) in [5.74, 6) is 5.43. The largest absolute Gasteiger partial charge is 0.497 e. The van der Waals surface area contributed by atoms with E-state index in [4.69, 9.17) is 9.47 Å². The van der Waals surface area contributed by atoms with Crippen molar-refractivity contribution in [1.82, 2.24) is 4.72 Å².